The summed E-state index contributed by atoms with van der Waals surface area (Å²) in [6, 6.07) is 0.643. The number of hydrogen-bond donors (Lipinski definition) is 0. The van der Waals surface area contributed by atoms with Crippen LogP contribution in [0.15, 0.2) is 6.07 Å². The molecule has 3 rings (SSSR count). The summed E-state index contributed by atoms with van der Waals surface area (Å²) >= 11 is 0. The van der Waals surface area contributed by atoms with Crippen molar-refractivity contribution < 1.29 is 27.6 Å². The minimum Gasteiger partial charge on any atom is -0.344 e. The molecule has 2 saturated heterocycles. The molecule has 0 saturated carbocycles. The average molecular weight is 423 g/mol. The van der Waals surface area contributed by atoms with E-state index in [0.29, 0.717) is 29.0 Å². The van der Waals surface area contributed by atoms with Gasteiger partial charge in [-0.1, -0.05) is 13.3 Å². The molecule has 1 aromatic heterocycles. The molecule has 4 amide bonds. The van der Waals surface area contributed by atoms with Gasteiger partial charge < -0.3 is 4.57 Å². The van der Waals surface area contributed by atoms with Gasteiger partial charge in [-0.3, -0.25) is 19.3 Å². The Hall–Kier alpha value is -2.49. The zero-order valence-electron chi connectivity index (χ0n) is 16.8. The van der Waals surface area contributed by atoms with E-state index in [1.807, 2.05) is 11.5 Å². The summed E-state index contributed by atoms with van der Waals surface area (Å²) in [6.45, 7) is 5.04. The third-order valence-electron chi connectivity index (χ3n) is 5.53. The van der Waals surface area contributed by atoms with Crippen LogP contribution < -0.4 is 0 Å². The fourth-order valence-corrected chi connectivity index (χ4v) is 5.73. The maximum absolute atomic E-state index is 12.8. The van der Waals surface area contributed by atoms with Crippen molar-refractivity contribution in [3.63, 3.8) is 0 Å². The molecule has 0 aliphatic carbocycles. The fourth-order valence-electron chi connectivity index (χ4n) is 4.03. The van der Waals surface area contributed by atoms with E-state index in [-0.39, 0.29) is 24.1 Å². The maximum atomic E-state index is 12.8. The molecule has 2 aliphatic rings. The molecule has 1 atom stereocenters. The topological polar surface area (TPSA) is 114 Å². The normalized spacial score (nSPS) is 21.5. The van der Waals surface area contributed by atoms with Crippen LogP contribution >= 0.6 is 0 Å². The Morgan fingerprint density at radius 2 is 1.79 bits per heavy atom. The number of unbranched alkanes of at least 4 members (excludes halogenated alkanes) is 1. The Labute approximate surface area is 169 Å². The Balaban J connectivity index is 1.80. The molecule has 3 heterocycles. The number of carbonyl (C=O) groups is 4. The summed E-state index contributed by atoms with van der Waals surface area (Å²) < 4.78 is 25.5. The Kier molecular flexibility index (Phi) is 5.66. The summed E-state index contributed by atoms with van der Waals surface area (Å²) in [4.78, 5) is 51.1. The van der Waals surface area contributed by atoms with Crippen molar-refractivity contribution >= 4 is 33.5 Å². The van der Waals surface area contributed by atoms with Gasteiger partial charge in [0, 0.05) is 29.5 Å². The molecule has 0 bridgehead atoms. The number of hydrogen-bond acceptors (Lipinski definition) is 6. The third kappa shape index (κ3) is 3.85. The van der Waals surface area contributed by atoms with Gasteiger partial charge in [0.25, 0.3) is 0 Å². The van der Waals surface area contributed by atoms with Gasteiger partial charge in [0.05, 0.1) is 18.1 Å². The van der Waals surface area contributed by atoms with E-state index in [1.165, 1.54) is 0 Å². The summed E-state index contributed by atoms with van der Waals surface area (Å²) in [7, 11) is -3.09. The second kappa shape index (κ2) is 7.74. The highest BCUT2D eigenvalue weighted by atomic mass is 32.2. The predicted octanol–water partition coefficient (Wildman–Crippen LogP) is 1.24. The average Bonchev–Trinajstić information content (AvgIpc) is 3.22. The van der Waals surface area contributed by atoms with Crippen LogP contribution in [0.2, 0.25) is 0 Å². The number of Topliss-reactive ketones (excluding diaryl/α,β-unsaturated/α-hetero) is 1. The molecule has 0 spiro atoms. The number of rotatable bonds is 7. The van der Waals surface area contributed by atoms with E-state index < -0.39 is 40.0 Å². The van der Waals surface area contributed by atoms with Crippen molar-refractivity contribution in [2.24, 2.45) is 0 Å². The van der Waals surface area contributed by atoms with Gasteiger partial charge in [0.1, 0.15) is 0 Å². The van der Waals surface area contributed by atoms with Crippen molar-refractivity contribution in [3.05, 3.63) is 23.0 Å². The molecular weight excluding hydrogens is 398 g/mol. The van der Waals surface area contributed by atoms with Crippen molar-refractivity contribution in [2.45, 2.75) is 46.1 Å². The first-order valence-corrected chi connectivity index (χ1v) is 11.5. The fraction of sp³-hybridized carbons (Fsp3) is 0.579. The highest BCUT2D eigenvalue weighted by Crippen LogP contribution is 2.29. The Morgan fingerprint density at radius 3 is 2.38 bits per heavy atom. The molecule has 0 unspecified atom stereocenters. The number of imide groups is 2. The molecule has 2 aliphatic heterocycles. The Bertz CT molecular complexity index is 994. The van der Waals surface area contributed by atoms with E-state index in [2.05, 4.69) is 0 Å². The number of ketones is 1. The lowest BCUT2D eigenvalue weighted by Crippen LogP contribution is -2.37. The van der Waals surface area contributed by atoms with E-state index in [4.69, 9.17) is 0 Å². The SMILES string of the molecule is CCCCN1C(=O)C(=O)N(CC(=O)c2cc(C)n([C@H]3CCS(=O)(=O)C3)c2C)C1=O. The number of amides is 4. The van der Waals surface area contributed by atoms with Crippen molar-refractivity contribution in [3.8, 4) is 0 Å². The number of urea groups is 1. The number of carbonyl (C=O) groups excluding carboxylic acids is 4. The molecular formula is C19H25N3O6S. The highest BCUT2D eigenvalue weighted by Gasteiger charge is 2.45. The van der Waals surface area contributed by atoms with Crippen molar-refractivity contribution in [2.75, 3.05) is 24.6 Å². The molecule has 0 aromatic carbocycles. The van der Waals surface area contributed by atoms with E-state index in [0.717, 1.165) is 17.0 Å². The van der Waals surface area contributed by atoms with Gasteiger partial charge in [-0.15, -0.1) is 0 Å². The summed E-state index contributed by atoms with van der Waals surface area (Å²) in [5.74, 6) is -2.21. The quantitative estimate of drug-likeness (QED) is 0.370. The van der Waals surface area contributed by atoms with E-state index in [1.54, 1.807) is 19.9 Å². The lowest BCUT2D eigenvalue weighted by molar-refractivity contribution is -0.143. The molecule has 0 N–H and O–H groups in total. The third-order valence-corrected chi connectivity index (χ3v) is 7.28. The zero-order valence-corrected chi connectivity index (χ0v) is 17.6. The van der Waals surface area contributed by atoms with Crippen LogP contribution in [0.4, 0.5) is 4.79 Å². The van der Waals surface area contributed by atoms with E-state index >= 15 is 0 Å². The second-order valence-corrected chi connectivity index (χ2v) is 9.85. The smallest absolute Gasteiger partial charge is 0.334 e. The standard InChI is InChI=1S/C19H25N3O6S/c1-4-5-7-20-17(24)18(25)21(19(20)26)10-16(23)15-9-12(2)22(13(15)3)14-6-8-29(27,28)11-14/h9,14H,4-8,10-11H2,1-3H3/t14-/m0/s1. The first-order valence-electron chi connectivity index (χ1n) is 9.66. The maximum Gasteiger partial charge on any atom is 0.334 e. The second-order valence-electron chi connectivity index (χ2n) is 7.62. The summed E-state index contributed by atoms with van der Waals surface area (Å²) in [5.41, 5.74) is 1.67. The number of sulfone groups is 1. The molecule has 2 fully saturated rings. The number of nitrogens with zero attached hydrogens (tertiary/aromatic N) is 3. The summed E-state index contributed by atoms with van der Waals surface area (Å²) in [6.07, 6.45) is 1.82. The first-order chi connectivity index (χ1) is 13.6. The van der Waals surface area contributed by atoms with Crippen LogP contribution in [-0.2, 0) is 19.4 Å². The van der Waals surface area contributed by atoms with Gasteiger partial charge in [0.15, 0.2) is 15.6 Å². The zero-order chi connectivity index (χ0) is 21.5. The van der Waals surface area contributed by atoms with Crippen LogP contribution in [0.25, 0.3) is 0 Å². The minimum atomic E-state index is -3.09. The van der Waals surface area contributed by atoms with Crippen molar-refractivity contribution in [1.82, 2.24) is 14.4 Å². The van der Waals surface area contributed by atoms with Gasteiger partial charge in [-0.25, -0.2) is 18.1 Å². The Morgan fingerprint density at radius 1 is 1.14 bits per heavy atom. The van der Waals surface area contributed by atoms with Crippen LogP contribution in [0, 0.1) is 13.8 Å². The molecule has 158 valence electrons. The monoisotopic (exact) mass is 423 g/mol. The lowest BCUT2D eigenvalue weighted by Gasteiger charge is -2.17. The van der Waals surface area contributed by atoms with Crippen LogP contribution in [0.1, 0.15) is 54.0 Å². The molecule has 1 aromatic rings. The van der Waals surface area contributed by atoms with Crippen molar-refractivity contribution in [1.29, 1.82) is 0 Å². The van der Waals surface area contributed by atoms with Gasteiger partial charge in [-0.2, -0.15) is 0 Å². The molecule has 29 heavy (non-hydrogen) atoms. The summed E-state index contributed by atoms with van der Waals surface area (Å²) in [5, 5.41) is 0. The van der Waals surface area contributed by atoms with Gasteiger partial charge in [-0.05, 0) is 32.8 Å². The van der Waals surface area contributed by atoms with Gasteiger partial charge in [0.2, 0.25) is 0 Å². The number of aromatic nitrogens is 1. The van der Waals surface area contributed by atoms with Gasteiger partial charge >= 0.3 is 17.8 Å². The van der Waals surface area contributed by atoms with Crippen LogP contribution in [0.3, 0.4) is 0 Å². The molecule has 10 heteroatoms. The van der Waals surface area contributed by atoms with Crippen LogP contribution in [-0.4, -0.2) is 71.0 Å². The van der Waals surface area contributed by atoms with Crippen LogP contribution in [0.5, 0.6) is 0 Å². The number of aryl methyl sites for hydroxylation is 1. The largest absolute Gasteiger partial charge is 0.344 e. The molecule has 0 radical (unpaired) electrons. The lowest BCUT2D eigenvalue weighted by atomic mass is 10.1. The highest BCUT2D eigenvalue weighted by molar-refractivity contribution is 7.91. The van der Waals surface area contributed by atoms with E-state index in [9.17, 15) is 27.6 Å². The minimum absolute atomic E-state index is 0.0287. The predicted molar refractivity (Wildman–Crippen MR) is 104 cm³/mol. The molecule has 9 nitrogen and oxygen atoms in total. The first kappa shape index (κ1) is 21.2.